The fourth-order valence-electron chi connectivity index (χ4n) is 1.82. The Morgan fingerprint density at radius 3 is 2.41 bits per heavy atom. The van der Waals surface area contributed by atoms with E-state index in [1.807, 2.05) is 22.9 Å². The second-order valence-corrected chi connectivity index (χ2v) is 4.06. The second-order valence-electron chi connectivity index (χ2n) is 4.06. The number of nitrogen functional groups attached to an aromatic ring is 2. The van der Waals surface area contributed by atoms with Crippen LogP contribution in [-0.2, 0) is 12.8 Å². The van der Waals surface area contributed by atoms with Gasteiger partial charge in [-0.1, -0.05) is 13.8 Å². The number of aryl methyl sites for hydroxylation is 2. The maximum Gasteiger partial charge on any atom is 0.0670 e. The number of nitrogens with zero attached hydrogens (tertiary/aromatic N) is 2. The van der Waals surface area contributed by atoms with Crippen molar-refractivity contribution in [3.05, 3.63) is 35.7 Å². The molecule has 0 fully saturated rings. The molecule has 2 rings (SSSR count). The molecular formula is C13H18N4. The van der Waals surface area contributed by atoms with Crippen LogP contribution in [0.4, 0.5) is 11.4 Å². The highest BCUT2D eigenvalue weighted by molar-refractivity contribution is 5.66. The van der Waals surface area contributed by atoms with Crippen molar-refractivity contribution in [2.24, 2.45) is 0 Å². The molecule has 1 heterocycles. The van der Waals surface area contributed by atoms with E-state index in [1.54, 1.807) is 0 Å². The highest BCUT2D eigenvalue weighted by atomic mass is 15.3. The van der Waals surface area contributed by atoms with E-state index in [2.05, 4.69) is 25.0 Å². The Morgan fingerprint density at radius 1 is 1.06 bits per heavy atom. The Hall–Kier alpha value is -1.97. The summed E-state index contributed by atoms with van der Waals surface area (Å²) < 4.78 is 1.94. The molecule has 0 atom stereocenters. The SMILES string of the molecule is CCc1cc(CC)n(-c2ccc(N)c(N)c2)n1. The van der Waals surface area contributed by atoms with Crippen molar-refractivity contribution in [2.45, 2.75) is 26.7 Å². The largest absolute Gasteiger partial charge is 0.397 e. The van der Waals surface area contributed by atoms with E-state index in [1.165, 1.54) is 5.69 Å². The number of rotatable bonds is 3. The van der Waals surface area contributed by atoms with Gasteiger partial charge < -0.3 is 11.5 Å². The summed E-state index contributed by atoms with van der Waals surface area (Å²) in [6.07, 6.45) is 1.88. The lowest BCUT2D eigenvalue weighted by Gasteiger charge is -2.08. The van der Waals surface area contributed by atoms with Gasteiger partial charge in [-0.3, -0.25) is 0 Å². The van der Waals surface area contributed by atoms with Gasteiger partial charge in [-0.05, 0) is 37.1 Å². The molecule has 4 heteroatoms. The van der Waals surface area contributed by atoms with Gasteiger partial charge in [-0.15, -0.1) is 0 Å². The number of hydrogen-bond donors (Lipinski definition) is 2. The predicted molar refractivity (Wildman–Crippen MR) is 71.1 cm³/mol. The Balaban J connectivity index is 2.51. The van der Waals surface area contributed by atoms with Crippen molar-refractivity contribution in [3.63, 3.8) is 0 Å². The minimum Gasteiger partial charge on any atom is -0.397 e. The van der Waals surface area contributed by atoms with Crippen LogP contribution in [0.3, 0.4) is 0 Å². The quantitative estimate of drug-likeness (QED) is 0.794. The van der Waals surface area contributed by atoms with Gasteiger partial charge in [0.1, 0.15) is 0 Å². The van der Waals surface area contributed by atoms with Crippen LogP contribution in [0.25, 0.3) is 5.69 Å². The average Bonchev–Trinajstić information content (AvgIpc) is 2.76. The third-order valence-corrected chi connectivity index (χ3v) is 2.87. The summed E-state index contributed by atoms with van der Waals surface area (Å²) in [5, 5.41) is 4.56. The lowest BCUT2D eigenvalue weighted by molar-refractivity contribution is 0.794. The summed E-state index contributed by atoms with van der Waals surface area (Å²) in [5.41, 5.74) is 16.0. The van der Waals surface area contributed by atoms with Crippen LogP contribution in [0.5, 0.6) is 0 Å². The van der Waals surface area contributed by atoms with Crippen LogP contribution in [0.15, 0.2) is 24.3 Å². The Labute approximate surface area is 101 Å². The molecule has 17 heavy (non-hydrogen) atoms. The first-order valence-corrected chi connectivity index (χ1v) is 5.88. The standard InChI is InChI=1S/C13H18N4/c1-3-9-7-10(4-2)17(16-9)11-5-6-12(14)13(15)8-11/h5-8H,3-4,14-15H2,1-2H3. The predicted octanol–water partition coefficient (Wildman–Crippen LogP) is 2.16. The van der Waals surface area contributed by atoms with Crippen molar-refractivity contribution in [1.82, 2.24) is 9.78 Å². The van der Waals surface area contributed by atoms with Gasteiger partial charge in [0, 0.05) is 5.69 Å². The molecule has 0 amide bonds. The van der Waals surface area contributed by atoms with Crippen LogP contribution in [0.2, 0.25) is 0 Å². The maximum atomic E-state index is 5.82. The Morgan fingerprint density at radius 2 is 1.82 bits per heavy atom. The molecule has 0 radical (unpaired) electrons. The molecule has 0 bridgehead atoms. The molecule has 4 nitrogen and oxygen atoms in total. The van der Waals surface area contributed by atoms with E-state index in [9.17, 15) is 0 Å². The molecule has 4 N–H and O–H groups in total. The summed E-state index contributed by atoms with van der Waals surface area (Å²) in [4.78, 5) is 0. The van der Waals surface area contributed by atoms with E-state index in [-0.39, 0.29) is 0 Å². The first-order valence-electron chi connectivity index (χ1n) is 5.88. The maximum absolute atomic E-state index is 5.82. The zero-order valence-corrected chi connectivity index (χ0v) is 10.3. The lowest BCUT2D eigenvalue weighted by atomic mass is 10.2. The second kappa shape index (κ2) is 4.49. The summed E-state index contributed by atoms with van der Waals surface area (Å²) in [5.74, 6) is 0. The highest BCUT2D eigenvalue weighted by Gasteiger charge is 2.08. The summed E-state index contributed by atoms with van der Waals surface area (Å²) in [6, 6.07) is 7.75. The summed E-state index contributed by atoms with van der Waals surface area (Å²) in [7, 11) is 0. The molecule has 0 aliphatic rings. The van der Waals surface area contributed by atoms with Gasteiger partial charge in [-0.25, -0.2) is 4.68 Å². The van der Waals surface area contributed by atoms with Gasteiger partial charge >= 0.3 is 0 Å². The monoisotopic (exact) mass is 230 g/mol. The van der Waals surface area contributed by atoms with E-state index in [0.29, 0.717) is 11.4 Å². The molecule has 0 aliphatic heterocycles. The van der Waals surface area contributed by atoms with Crippen LogP contribution in [0, 0.1) is 0 Å². The average molecular weight is 230 g/mol. The third kappa shape index (κ3) is 2.11. The van der Waals surface area contributed by atoms with Crippen molar-refractivity contribution < 1.29 is 0 Å². The number of hydrogen-bond acceptors (Lipinski definition) is 3. The third-order valence-electron chi connectivity index (χ3n) is 2.87. The van der Waals surface area contributed by atoms with Crippen LogP contribution in [0.1, 0.15) is 25.2 Å². The van der Waals surface area contributed by atoms with Crippen LogP contribution in [-0.4, -0.2) is 9.78 Å². The zero-order valence-electron chi connectivity index (χ0n) is 10.3. The van der Waals surface area contributed by atoms with Crippen molar-refractivity contribution in [3.8, 4) is 5.69 Å². The van der Waals surface area contributed by atoms with Gasteiger partial charge in [0.05, 0.1) is 22.8 Å². The summed E-state index contributed by atoms with van der Waals surface area (Å²) in [6.45, 7) is 4.22. The van der Waals surface area contributed by atoms with E-state index >= 15 is 0 Å². The number of anilines is 2. The van der Waals surface area contributed by atoms with Gasteiger partial charge in [0.25, 0.3) is 0 Å². The first kappa shape index (κ1) is 11.5. The zero-order chi connectivity index (χ0) is 12.4. The molecule has 0 saturated heterocycles. The van der Waals surface area contributed by atoms with Gasteiger partial charge in [-0.2, -0.15) is 5.10 Å². The van der Waals surface area contributed by atoms with Gasteiger partial charge in [0.15, 0.2) is 0 Å². The van der Waals surface area contributed by atoms with E-state index < -0.39 is 0 Å². The van der Waals surface area contributed by atoms with Crippen molar-refractivity contribution in [1.29, 1.82) is 0 Å². The molecule has 0 spiro atoms. The fourth-order valence-corrected chi connectivity index (χ4v) is 1.82. The first-order chi connectivity index (χ1) is 8.15. The van der Waals surface area contributed by atoms with Crippen LogP contribution >= 0.6 is 0 Å². The van der Waals surface area contributed by atoms with Crippen molar-refractivity contribution >= 4 is 11.4 Å². The lowest BCUT2D eigenvalue weighted by Crippen LogP contribution is -2.03. The molecule has 2 aromatic rings. The molecular weight excluding hydrogens is 212 g/mol. The Kier molecular flexibility index (Phi) is 3.04. The topological polar surface area (TPSA) is 69.9 Å². The molecule has 0 aliphatic carbocycles. The molecule has 0 unspecified atom stereocenters. The minimum atomic E-state index is 0.595. The van der Waals surface area contributed by atoms with Gasteiger partial charge in [0.2, 0.25) is 0 Å². The van der Waals surface area contributed by atoms with Crippen LogP contribution < -0.4 is 11.5 Å². The summed E-state index contributed by atoms with van der Waals surface area (Å²) >= 11 is 0. The normalized spacial score (nSPS) is 10.7. The number of benzene rings is 1. The number of aromatic nitrogens is 2. The molecule has 0 saturated carbocycles. The fraction of sp³-hybridized carbons (Fsp3) is 0.308. The smallest absolute Gasteiger partial charge is 0.0670 e. The Bertz CT molecular complexity index is 528. The molecule has 90 valence electrons. The van der Waals surface area contributed by atoms with E-state index in [4.69, 9.17) is 11.5 Å². The highest BCUT2D eigenvalue weighted by Crippen LogP contribution is 2.20. The minimum absolute atomic E-state index is 0.595. The molecule has 1 aromatic carbocycles. The number of nitrogens with two attached hydrogens (primary N) is 2. The van der Waals surface area contributed by atoms with Crippen molar-refractivity contribution in [2.75, 3.05) is 11.5 Å². The van der Waals surface area contributed by atoms with E-state index in [0.717, 1.165) is 24.2 Å². The molecule has 1 aromatic heterocycles.